The van der Waals surface area contributed by atoms with E-state index in [0.717, 1.165) is 0 Å². The third-order valence-electron chi connectivity index (χ3n) is 1.51. The van der Waals surface area contributed by atoms with Crippen LogP contribution in [0.4, 0.5) is 0 Å². The van der Waals surface area contributed by atoms with Crippen LogP contribution in [-0.4, -0.2) is 22.7 Å². The van der Waals surface area contributed by atoms with Crippen molar-refractivity contribution in [1.29, 1.82) is 0 Å². The molecule has 0 aliphatic heterocycles. The molecule has 0 aromatic carbocycles. The highest BCUT2D eigenvalue weighted by molar-refractivity contribution is 5.83. The van der Waals surface area contributed by atoms with Gasteiger partial charge in [-0.25, -0.2) is 4.79 Å². The number of aromatic nitrogens is 2. The highest BCUT2D eigenvalue weighted by atomic mass is 16.6. The summed E-state index contributed by atoms with van der Waals surface area (Å²) in [4.78, 5) is 15.0. The standard InChI is InChI=1S/C9H14N2O3/c1-4-13-9(12)8-10-7(11-14-8)5-6(2)3/h6H,4-5H2,1-3H3. The van der Waals surface area contributed by atoms with Crippen molar-refractivity contribution in [2.45, 2.75) is 27.2 Å². The summed E-state index contributed by atoms with van der Waals surface area (Å²) in [5.74, 6) is 0.350. The van der Waals surface area contributed by atoms with E-state index in [0.29, 0.717) is 24.8 Å². The molecule has 14 heavy (non-hydrogen) atoms. The number of carbonyl (C=O) groups excluding carboxylic acids is 1. The molecule has 1 rings (SSSR count). The minimum atomic E-state index is -0.560. The SMILES string of the molecule is CCOC(=O)c1nc(CC(C)C)no1. The van der Waals surface area contributed by atoms with Gasteiger partial charge in [0, 0.05) is 6.42 Å². The van der Waals surface area contributed by atoms with Crippen LogP contribution in [0.3, 0.4) is 0 Å². The first-order valence-electron chi connectivity index (χ1n) is 4.63. The monoisotopic (exact) mass is 198 g/mol. The molecule has 0 aliphatic carbocycles. The number of ether oxygens (including phenoxy) is 1. The predicted molar refractivity (Wildman–Crippen MR) is 48.8 cm³/mol. The Morgan fingerprint density at radius 3 is 2.86 bits per heavy atom. The molecule has 0 saturated heterocycles. The summed E-state index contributed by atoms with van der Waals surface area (Å²) in [6.07, 6.45) is 0.697. The smallest absolute Gasteiger partial charge is 0.397 e. The van der Waals surface area contributed by atoms with Gasteiger partial charge in [-0.15, -0.1) is 0 Å². The van der Waals surface area contributed by atoms with Crippen LogP contribution in [0.1, 0.15) is 37.3 Å². The Bertz CT molecular complexity index is 307. The van der Waals surface area contributed by atoms with E-state index in [4.69, 9.17) is 9.26 Å². The van der Waals surface area contributed by atoms with E-state index in [2.05, 4.69) is 10.1 Å². The van der Waals surface area contributed by atoms with Gasteiger partial charge in [-0.1, -0.05) is 19.0 Å². The largest absolute Gasteiger partial charge is 0.459 e. The second kappa shape index (κ2) is 4.74. The van der Waals surface area contributed by atoms with Crippen molar-refractivity contribution in [3.05, 3.63) is 11.7 Å². The van der Waals surface area contributed by atoms with E-state index in [1.807, 2.05) is 13.8 Å². The molecule has 0 saturated carbocycles. The third-order valence-corrected chi connectivity index (χ3v) is 1.51. The first-order chi connectivity index (χ1) is 6.63. The Morgan fingerprint density at radius 1 is 1.57 bits per heavy atom. The molecule has 5 heteroatoms. The Kier molecular flexibility index (Phi) is 3.62. The maximum absolute atomic E-state index is 11.1. The maximum Gasteiger partial charge on any atom is 0.397 e. The van der Waals surface area contributed by atoms with Gasteiger partial charge in [-0.3, -0.25) is 0 Å². The molecule has 0 fully saturated rings. The van der Waals surface area contributed by atoms with Gasteiger partial charge in [0.1, 0.15) is 0 Å². The van der Waals surface area contributed by atoms with Crippen LogP contribution in [0.15, 0.2) is 4.52 Å². The van der Waals surface area contributed by atoms with Gasteiger partial charge in [0.15, 0.2) is 5.82 Å². The number of hydrogen-bond donors (Lipinski definition) is 0. The fraction of sp³-hybridized carbons (Fsp3) is 0.667. The summed E-state index contributed by atoms with van der Waals surface area (Å²) in [6, 6.07) is 0. The zero-order valence-electron chi connectivity index (χ0n) is 8.61. The fourth-order valence-corrected chi connectivity index (χ4v) is 0.978. The van der Waals surface area contributed by atoms with Crippen molar-refractivity contribution in [2.24, 2.45) is 5.92 Å². The van der Waals surface area contributed by atoms with Gasteiger partial charge in [-0.2, -0.15) is 4.98 Å². The molecule has 1 aromatic rings. The summed E-state index contributed by atoms with van der Waals surface area (Å²) < 4.78 is 9.46. The normalized spacial score (nSPS) is 10.6. The average molecular weight is 198 g/mol. The topological polar surface area (TPSA) is 65.2 Å². The quantitative estimate of drug-likeness (QED) is 0.685. The molecule has 0 N–H and O–H groups in total. The minimum Gasteiger partial charge on any atom is -0.459 e. The van der Waals surface area contributed by atoms with Gasteiger partial charge in [0.25, 0.3) is 0 Å². The average Bonchev–Trinajstić information content (AvgIpc) is 2.52. The van der Waals surface area contributed by atoms with E-state index in [9.17, 15) is 4.79 Å². The van der Waals surface area contributed by atoms with E-state index in [1.54, 1.807) is 6.92 Å². The fourth-order valence-electron chi connectivity index (χ4n) is 0.978. The lowest BCUT2D eigenvalue weighted by molar-refractivity contribution is 0.0470. The van der Waals surface area contributed by atoms with Gasteiger partial charge in [-0.05, 0) is 12.8 Å². The number of esters is 1. The zero-order chi connectivity index (χ0) is 10.6. The molecule has 78 valence electrons. The summed E-state index contributed by atoms with van der Waals surface area (Å²) in [5.41, 5.74) is 0. The first kappa shape index (κ1) is 10.7. The molecule has 5 nitrogen and oxygen atoms in total. The summed E-state index contributed by atoms with van der Waals surface area (Å²) in [6.45, 7) is 6.12. The Labute approximate surface area is 82.4 Å². The zero-order valence-corrected chi connectivity index (χ0v) is 8.61. The van der Waals surface area contributed by atoms with Crippen molar-refractivity contribution in [3.63, 3.8) is 0 Å². The van der Waals surface area contributed by atoms with Crippen LogP contribution >= 0.6 is 0 Å². The first-order valence-corrected chi connectivity index (χ1v) is 4.63. The molecule has 0 aliphatic rings. The molecule has 1 aromatic heterocycles. The lowest BCUT2D eigenvalue weighted by Crippen LogP contribution is -2.05. The second-order valence-corrected chi connectivity index (χ2v) is 3.33. The molecular formula is C9H14N2O3. The molecule has 0 bridgehead atoms. The molecule has 0 unspecified atom stereocenters. The number of hydrogen-bond acceptors (Lipinski definition) is 5. The van der Waals surface area contributed by atoms with E-state index in [1.165, 1.54) is 0 Å². The van der Waals surface area contributed by atoms with E-state index < -0.39 is 5.97 Å². The van der Waals surface area contributed by atoms with Crippen LogP contribution < -0.4 is 0 Å². The van der Waals surface area contributed by atoms with Crippen LogP contribution in [0.2, 0.25) is 0 Å². The minimum absolute atomic E-state index is 0.0671. The van der Waals surface area contributed by atoms with Crippen molar-refractivity contribution in [1.82, 2.24) is 10.1 Å². The molecular weight excluding hydrogens is 184 g/mol. The van der Waals surface area contributed by atoms with Crippen LogP contribution in [0, 0.1) is 5.92 Å². The lowest BCUT2D eigenvalue weighted by Gasteiger charge is -1.96. The van der Waals surface area contributed by atoms with E-state index >= 15 is 0 Å². The van der Waals surface area contributed by atoms with Gasteiger partial charge >= 0.3 is 11.9 Å². The van der Waals surface area contributed by atoms with Crippen molar-refractivity contribution in [2.75, 3.05) is 6.61 Å². The molecule has 1 heterocycles. The van der Waals surface area contributed by atoms with Gasteiger partial charge < -0.3 is 9.26 Å². The molecule has 0 amide bonds. The number of rotatable bonds is 4. The molecule has 0 spiro atoms. The Hall–Kier alpha value is -1.39. The summed E-state index contributed by atoms with van der Waals surface area (Å²) in [7, 11) is 0. The van der Waals surface area contributed by atoms with Crippen LogP contribution in [0.5, 0.6) is 0 Å². The van der Waals surface area contributed by atoms with Crippen molar-refractivity contribution >= 4 is 5.97 Å². The number of nitrogens with zero attached hydrogens (tertiary/aromatic N) is 2. The van der Waals surface area contributed by atoms with E-state index in [-0.39, 0.29) is 5.89 Å². The summed E-state index contributed by atoms with van der Waals surface area (Å²) >= 11 is 0. The maximum atomic E-state index is 11.1. The highest BCUT2D eigenvalue weighted by Crippen LogP contribution is 2.05. The van der Waals surface area contributed by atoms with Crippen LogP contribution in [0.25, 0.3) is 0 Å². The summed E-state index contributed by atoms with van der Waals surface area (Å²) in [5, 5.41) is 3.67. The lowest BCUT2D eigenvalue weighted by atomic mass is 10.1. The Morgan fingerprint density at radius 2 is 2.29 bits per heavy atom. The predicted octanol–water partition coefficient (Wildman–Crippen LogP) is 1.44. The van der Waals surface area contributed by atoms with Crippen molar-refractivity contribution < 1.29 is 14.1 Å². The molecule has 0 atom stereocenters. The number of carbonyl (C=O) groups is 1. The highest BCUT2D eigenvalue weighted by Gasteiger charge is 2.16. The molecule has 0 radical (unpaired) electrons. The third kappa shape index (κ3) is 2.83. The second-order valence-electron chi connectivity index (χ2n) is 3.33. The van der Waals surface area contributed by atoms with Crippen molar-refractivity contribution in [3.8, 4) is 0 Å². The Balaban J connectivity index is 2.63. The van der Waals surface area contributed by atoms with Gasteiger partial charge in [0.2, 0.25) is 0 Å². The van der Waals surface area contributed by atoms with Gasteiger partial charge in [0.05, 0.1) is 6.61 Å². The van der Waals surface area contributed by atoms with Crippen LogP contribution in [-0.2, 0) is 11.2 Å².